The van der Waals surface area contributed by atoms with E-state index in [-0.39, 0.29) is 10.8 Å². The average Bonchev–Trinajstić information content (AvgIpc) is 2.64. The topological polar surface area (TPSA) is 78.5 Å². The van der Waals surface area contributed by atoms with Crippen molar-refractivity contribution in [3.8, 4) is 0 Å². The highest BCUT2D eigenvalue weighted by Gasteiger charge is 2.19. The molecule has 1 aliphatic rings. The third-order valence-electron chi connectivity index (χ3n) is 4.12. The summed E-state index contributed by atoms with van der Waals surface area (Å²) in [5, 5.41) is 3.20. The lowest BCUT2D eigenvalue weighted by atomic mass is 10.2. The Morgan fingerprint density at radius 3 is 2.20 bits per heavy atom. The normalized spacial score (nSPS) is 15.0. The number of hydrogen-bond donors (Lipinski definition) is 2. The van der Waals surface area contributed by atoms with Gasteiger partial charge in [0.25, 0.3) is 15.9 Å². The van der Waals surface area contributed by atoms with Crippen LogP contribution >= 0.6 is 0 Å². The van der Waals surface area contributed by atoms with Crippen LogP contribution in [0.4, 0.5) is 5.69 Å². The van der Waals surface area contributed by atoms with E-state index in [1.807, 2.05) is 19.1 Å². The van der Waals surface area contributed by atoms with Crippen molar-refractivity contribution in [3.63, 3.8) is 0 Å². The molecule has 0 aliphatic carbocycles. The summed E-state index contributed by atoms with van der Waals surface area (Å²) in [6.45, 7) is 4.81. The van der Waals surface area contributed by atoms with Gasteiger partial charge in [-0.3, -0.25) is 9.52 Å². The number of nitrogens with one attached hydrogen (secondary N) is 2. The first-order valence-electron chi connectivity index (χ1n) is 8.15. The second kappa shape index (κ2) is 7.25. The molecule has 2 aromatic rings. The molecule has 3 rings (SSSR count). The van der Waals surface area contributed by atoms with Crippen LogP contribution in [-0.4, -0.2) is 45.4 Å². The monoisotopic (exact) mass is 359 g/mol. The molecule has 0 atom stereocenters. The Hall–Kier alpha value is -2.38. The van der Waals surface area contributed by atoms with Crippen molar-refractivity contribution in [3.05, 3.63) is 59.7 Å². The molecule has 1 amide bonds. The fourth-order valence-electron chi connectivity index (χ4n) is 2.66. The Balaban J connectivity index is 1.74. The highest BCUT2D eigenvalue weighted by molar-refractivity contribution is 7.92. The molecule has 132 valence electrons. The van der Waals surface area contributed by atoms with Crippen LogP contribution in [0.5, 0.6) is 0 Å². The quantitative estimate of drug-likeness (QED) is 0.873. The standard InChI is InChI=1S/C18H21N3O3S/c1-14-2-6-16(7-3-14)20-25(23,24)17-8-4-15(5-9-17)18(22)21-12-10-19-11-13-21/h2-9,19-20H,10-13H2,1H3. The molecule has 2 N–H and O–H groups in total. The first kappa shape index (κ1) is 17.4. The van der Waals surface area contributed by atoms with Crippen LogP contribution in [0.1, 0.15) is 15.9 Å². The zero-order valence-electron chi connectivity index (χ0n) is 14.0. The number of anilines is 1. The molecule has 25 heavy (non-hydrogen) atoms. The van der Waals surface area contributed by atoms with E-state index in [0.29, 0.717) is 24.3 Å². The Morgan fingerprint density at radius 1 is 1.00 bits per heavy atom. The van der Waals surface area contributed by atoms with Crippen LogP contribution in [0.3, 0.4) is 0 Å². The van der Waals surface area contributed by atoms with Crippen molar-refractivity contribution >= 4 is 21.6 Å². The Bertz CT molecular complexity index is 840. The van der Waals surface area contributed by atoms with Crippen LogP contribution < -0.4 is 10.0 Å². The number of carbonyl (C=O) groups excluding carboxylic acids is 1. The van der Waals surface area contributed by atoms with Gasteiger partial charge in [-0.1, -0.05) is 17.7 Å². The number of carbonyl (C=O) groups is 1. The Morgan fingerprint density at radius 2 is 1.60 bits per heavy atom. The van der Waals surface area contributed by atoms with Crippen LogP contribution in [0.2, 0.25) is 0 Å². The number of piperazine rings is 1. The van der Waals surface area contributed by atoms with Gasteiger partial charge < -0.3 is 10.2 Å². The summed E-state index contributed by atoms with van der Waals surface area (Å²) in [7, 11) is -3.68. The number of aryl methyl sites for hydroxylation is 1. The van der Waals surface area contributed by atoms with Gasteiger partial charge in [-0.15, -0.1) is 0 Å². The molecule has 7 heteroatoms. The number of hydrogen-bond acceptors (Lipinski definition) is 4. The molecule has 1 aliphatic heterocycles. The molecule has 0 spiro atoms. The maximum atomic E-state index is 12.5. The van der Waals surface area contributed by atoms with Crippen molar-refractivity contribution in [2.75, 3.05) is 30.9 Å². The summed E-state index contributed by atoms with van der Waals surface area (Å²) in [6, 6.07) is 13.2. The molecule has 0 radical (unpaired) electrons. The number of benzene rings is 2. The fraction of sp³-hybridized carbons (Fsp3) is 0.278. The minimum atomic E-state index is -3.68. The van der Waals surface area contributed by atoms with Crippen LogP contribution in [0.15, 0.2) is 53.4 Å². The molecule has 1 fully saturated rings. The van der Waals surface area contributed by atoms with Crippen molar-refractivity contribution < 1.29 is 13.2 Å². The second-order valence-corrected chi connectivity index (χ2v) is 7.72. The molecule has 0 aromatic heterocycles. The average molecular weight is 359 g/mol. The van der Waals surface area contributed by atoms with Gasteiger partial charge in [0.05, 0.1) is 4.90 Å². The summed E-state index contributed by atoms with van der Waals surface area (Å²) in [4.78, 5) is 14.3. The van der Waals surface area contributed by atoms with Gasteiger partial charge in [-0.2, -0.15) is 0 Å². The van der Waals surface area contributed by atoms with E-state index in [1.165, 1.54) is 12.1 Å². The largest absolute Gasteiger partial charge is 0.336 e. The van der Waals surface area contributed by atoms with Crippen molar-refractivity contribution in [2.24, 2.45) is 0 Å². The lowest BCUT2D eigenvalue weighted by Crippen LogP contribution is -2.46. The minimum Gasteiger partial charge on any atom is -0.336 e. The van der Waals surface area contributed by atoms with Gasteiger partial charge >= 0.3 is 0 Å². The second-order valence-electron chi connectivity index (χ2n) is 6.04. The maximum absolute atomic E-state index is 12.5. The zero-order valence-corrected chi connectivity index (χ0v) is 14.8. The molecule has 0 bridgehead atoms. The van der Waals surface area contributed by atoms with Crippen LogP contribution in [0.25, 0.3) is 0 Å². The van der Waals surface area contributed by atoms with Crippen molar-refractivity contribution in [1.29, 1.82) is 0 Å². The Kier molecular flexibility index (Phi) is 5.06. The molecule has 0 unspecified atom stereocenters. The van der Waals surface area contributed by atoms with E-state index < -0.39 is 10.0 Å². The van der Waals surface area contributed by atoms with Gasteiger partial charge in [0, 0.05) is 37.4 Å². The highest BCUT2D eigenvalue weighted by Crippen LogP contribution is 2.18. The highest BCUT2D eigenvalue weighted by atomic mass is 32.2. The molecular weight excluding hydrogens is 338 g/mol. The van der Waals surface area contributed by atoms with Crippen molar-refractivity contribution in [1.82, 2.24) is 10.2 Å². The van der Waals surface area contributed by atoms with E-state index in [9.17, 15) is 13.2 Å². The lowest BCUT2D eigenvalue weighted by molar-refractivity contribution is 0.0735. The third-order valence-corrected chi connectivity index (χ3v) is 5.52. The molecular formula is C18H21N3O3S. The van der Waals surface area contributed by atoms with Crippen LogP contribution in [-0.2, 0) is 10.0 Å². The smallest absolute Gasteiger partial charge is 0.261 e. The number of amides is 1. The Labute approximate surface area is 147 Å². The summed E-state index contributed by atoms with van der Waals surface area (Å²) < 4.78 is 27.5. The summed E-state index contributed by atoms with van der Waals surface area (Å²) >= 11 is 0. The predicted molar refractivity (Wildman–Crippen MR) is 97.2 cm³/mol. The first-order chi connectivity index (χ1) is 12.0. The van der Waals surface area contributed by atoms with E-state index in [1.54, 1.807) is 29.2 Å². The third kappa shape index (κ3) is 4.18. The predicted octanol–water partition coefficient (Wildman–Crippen LogP) is 1.84. The molecule has 2 aromatic carbocycles. The van der Waals surface area contributed by atoms with E-state index in [0.717, 1.165) is 18.7 Å². The summed E-state index contributed by atoms with van der Waals surface area (Å²) in [5.74, 6) is -0.0723. The van der Waals surface area contributed by atoms with Gasteiger partial charge in [-0.05, 0) is 43.3 Å². The van der Waals surface area contributed by atoms with E-state index in [2.05, 4.69) is 10.0 Å². The lowest BCUT2D eigenvalue weighted by Gasteiger charge is -2.27. The molecule has 1 saturated heterocycles. The van der Waals surface area contributed by atoms with Gasteiger partial charge in [0.2, 0.25) is 0 Å². The van der Waals surface area contributed by atoms with Crippen LogP contribution in [0, 0.1) is 6.92 Å². The summed E-state index contributed by atoms with van der Waals surface area (Å²) in [5.41, 5.74) is 2.06. The first-order valence-corrected chi connectivity index (χ1v) is 9.63. The van der Waals surface area contributed by atoms with Gasteiger partial charge in [0.15, 0.2) is 0 Å². The van der Waals surface area contributed by atoms with Gasteiger partial charge in [0.1, 0.15) is 0 Å². The van der Waals surface area contributed by atoms with E-state index >= 15 is 0 Å². The van der Waals surface area contributed by atoms with E-state index in [4.69, 9.17) is 0 Å². The number of rotatable bonds is 4. The molecule has 0 saturated carbocycles. The summed E-state index contributed by atoms with van der Waals surface area (Å²) in [6.07, 6.45) is 0. The van der Waals surface area contributed by atoms with Gasteiger partial charge in [-0.25, -0.2) is 8.42 Å². The molecule has 1 heterocycles. The SMILES string of the molecule is Cc1ccc(NS(=O)(=O)c2ccc(C(=O)N3CCNCC3)cc2)cc1. The number of sulfonamides is 1. The zero-order chi connectivity index (χ0) is 17.9. The maximum Gasteiger partial charge on any atom is 0.261 e. The fourth-order valence-corrected chi connectivity index (χ4v) is 3.72. The van der Waals surface area contributed by atoms with Crippen molar-refractivity contribution in [2.45, 2.75) is 11.8 Å². The molecule has 6 nitrogen and oxygen atoms in total. The number of nitrogens with zero attached hydrogens (tertiary/aromatic N) is 1. The minimum absolute atomic E-state index is 0.0723.